The first-order valence-electron chi connectivity index (χ1n) is 15.9. The third-order valence-corrected chi connectivity index (χ3v) is 12.4. The molecule has 0 spiro atoms. The van der Waals surface area contributed by atoms with E-state index in [0.29, 0.717) is 42.3 Å². The summed E-state index contributed by atoms with van der Waals surface area (Å²) in [5.41, 5.74) is 3.86. The van der Waals surface area contributed by atoms with Gasteiger partial charge in [-0.05, 0) is 84.7 Å². The minimum absolute atomic E-state index is 0.0467. The zero-order chi connectivity index (χ0) is 27.6. The monoisotopic (exact) mass is 530 g/mol. The Bertz CT molecular complexity index is 1150. The molecular weight excluding hydrogens is 480 g/mol. The number of hydrogen-bond acceptors (Lipinski definition) is 3. The highest BCUT2D eigenvalue weighted by Gasteiger charge is 2.61. The number of benzene rings is 1. The molecule has 5 aliphatic rings. The molecule has 3 unspecified atom stereocenters. The second-order valence-electron chi connectivity index (χ2n) is 15.4. The number of aliphatic imine (C=N–C) groups is 1. The van der Waals surface area contributed by atoms with Crippen molar-refractivity contribution in [1.29, 1.82) is 0 Å². The van der Waals surface area contributed by atoms with Crippen LogP contribution >= 0.6 is 0 Å². The number of carbonyl (C=O) groups excluding carboxylic acids is 2. The van der Waals surface area contributed by atoms with Gasteiger partial charge in [0.2, 0.25) is 5.91 Å². The van der Waals surface area contributed by atoms with E-state index in [1.54, 1.807) is 0 Å². The van der Waals surface area contributed by atoms with Crippen molar-refractivity contribution >= 4 is 17.4 Å². The maximum atomic E-state index is 14.3. The molecule has 1 heterocycles. The van der Waals surface area contributed by atoms with Crippen LogP contribution in [0.3, 0.4) is 0 Å². The van der Waals surface area contributed by atoms with E-state index in [0.717, 1.165) is 45.1 Å². The fourth-order valence-electron chi connectivity index (χ4n) is 9.89. The van der Waals surface area contributed by atoms with Gasteiger partial charge in [0.1, 0.15) is 5.78 Å². The molecule has 4 fully saturated rings. The van der Waals surface area contributed by atoms with Gasteiger partial charge in [0, 0.05) is 36.4 Å². The Morgan fingerprint density at radius 2 is 1.64 bits per heavy atom. The van der Waals surface area contributed by atoms with Gasteiger partial charge in [0.05, 0.1) is 5.54 Å². The van der Waals surface area contributed by atoms with E-state index in [2.05, 4.69) is 64.2 Å². The Morgan fingerprint density at radius 1 is 0.923 bits per heavy atom. The highest BCUT2D eigenvalue weighted by atomic mass is 16.2. The average molecular weight is 531 g/mol. The molecule has 0 bridgehead atoms. The van der Waals surface area contributed by atoms with Crippen molar-refractivity contribution < 1.29 is 9.59 Å². The van der Waals surface area contributed by atoms with Crippen LogP contribution in [0.25, 0.3) is 0 Å². The summed E-state index contributed by atoms with van der Waals surface area (Å²) in [5.74, 6) is 2.48. The fourth-order valence-corrected chi connectivity index (χ4v) is 9.89. The maximum absolute atomic E-state index is 14.3. The van der Waals surface area contributed by atoms with Crippen LogP contribution in [0.5, 0.6) is 0 Å². The highest BCUT2D eigenvalue weighted by Crippen LogP contribution is 2.64. The number of nitrogens with one attached hydrogen (secondary N) is 1. The first-order valence-corrected chi connectivity index (χ1v) is 15.9. The van der Waals surface area contributed by atoms with Crippen LogP contribution in [0.4, 0.5) is 0 Å². The van der Waals surface area contributed by atoms with Crippen molar-refractivity contribution in [1.82, 2.24) is 5.32 Å². The largest absolute Gasteiger partial charge is 0.346 e. The first kappa shape index (κ1) is 27.2. The maximum Gasteiger partial charge on any atom is 0.224 e. The molecule has 0 aromatic heterocycles. The summed E-state index contributed by atoms with van der Waals surface area (Å²) in [4.78, 5) is 31.6. The molecule has 0 radical (unpaired) electrons. The molecule has 1 aromatic carbocycles. The molecule has 1 aromatic rings. The van der Waals surface area contributed by atoms with Gasteiger partial charge in [-0.1, -0.05) is 78.1 Å². The number of amides is 1. The van der Waals surface area contributed by atoms with Crippen LogP contribution in [0.1, 0.15) is 123 Å². The van der Waals surface area contributed by atoms with Gasteiger partial charge in [-0.15, -0.1) is 0 Å². The number of fused-ring (bicyclic) bond motifs is 5. The molecule has 4 nitrogen and oxygen atoms in total. The van der Waals surface area contributed by atoms with Gasteiger partial charge in [0.15, 0.2) is 0 Å². The van der Waals surface area contributed by atoms with Gasteiger partial charge >= 0.3 is 0 Å². The van der Waals surface area contributed by atoms with E-state index in [9.17, 15) is 9.59 Å². The number of rotatable bonds is 3. The van der Waals surface area contributed by atoms with Gasteiger partial charge in [-0.3, -0.25) is 14.6 Å². The smallest absolute Gasteiger partial charge is 0.224 e. The van der Waals surface area contributed by atoms with E-state index in [4.69, 9.17) is 4.99 Å². The van der Waals surface area contributed by atoms with E-state index in [-0.39, 0.29) is 27.7 Å². The molecule has 1 aliphatic heterocycles. The van der Waals surface area contributed by atoms with Gasteiger partial charge in [-0.25, -0.2) is 0 Å². The predicted octanol–water partition coefficient (Wildman–Crippen LogP) is 7.53. The molecule has 6 atom stereocenters. The van der Waals surface area contributed by atoms with E-state index in [1.807, 2.05) is 0 Å². The second-order valence-corrected chi connectivity index (χ2v) is 15.4. The standard InChI is InChI=1S/C35H50N2O2/c1-32(2,3)23-9-11-24(12-10-23)35(17-7-6-8-18-35)37-31(39)29-14-13-27-26-22-36-30-21-25(38)15-19-34(30,5)28(26)16-20-33(27,29)4/h9-12,26-29H,6-8,13-22H2,1-5H3,(H,37,39)/t26?,27?,28?,29-,33+,34-/m1/s1. The van der Waals surface area contributed by atoms with Crippen molar-refractivity contribution in [2.45, 2.75) is 123 Å². The van der Waals surface area contributed by atoms with E-state index < -0.39 is 0 Å². The fraction of sp³-hybridized carbons (Fsp3) is 0.743. The molecule has 1 N–H and O–H groups in total. The molecule has 39 heavy (non-hydrogen) atoms. The second kappa shape index (κ2) is 9.55. The number of ketones is 1. The van der Waals surface area contributed by atoms with Gasteiger partial charge in [0.25, 0.3) is 0 Å². The molecule has 212 valence electrons. The quantitative estimate of drug-likeness (QED) is 0.439. The normalized spacial score (nSPS) is 37.8. The number of nitrogens with zero attached hydrogens (tertiary/aromatic N) is 1. The Morgan fingerprint density at radius 3 is 2.33 bits per heavy atom. The first-order chi connectivity index (χ1) is 18.5. The third-order valence-electron chi connectivity index (χ3n) is 12.4. The van der Waals surface area contributed by atoms with Crippen LogP contribution in [-0.4, -0.2) is 23.9 Å². The van der Waals surface area contributed by atoms with Crippen molar-refractivity contribution in [3.05, 3.63) is 35.4 Å². The average Bonchev–Trinajstić information content (AvgIpc) is 3.26. The van der Waals surface area contributed by atoms with Crippen molar-refractivity contribution in [2.75, 3.05) is 6.54 Å². The van der Waals surface area contributed by atoms with Crippen LogP contribution in [0, 0.1) is 34.5 Å². The molecule has 4 aliphatic carbocycles. The summed E-state index contributed by atoms with van der Waals surface area (Å²) >= 11 is 0. The lowest BCUT2D eigenvalue weighted by molar-refractivity contribution is -0.134. The lowest BCUT2D eigenvalue weighted by Gasteiger charge is -2.56. The summed E-state index contributed by atoms with van der Waals surface area (Å²) in [7, 11) is 0. The highest BCUT2D eigenvalue weighted by molar-refractivity contribution is 6.07. The Hall–Kier alpha value is -1.97. The van der Waals surface area contributed by atoms with Gasteiger partial charge < -0.3 is 5.32 Å². The van der Waals surface area contributed by atoms with Crippen LogP contribution < -0.4 is 5.32 Å². The predicted molar refractivity (Wildman–Crippen MR) is 158 cm³/mol. The summed E-state index contributed by atoms with van der Waals surface area (Å²) < 4.78 is 0. The molecule has 4 saturated carbocycles. The molecule has 4 heteroatoms. The molecular formula is C35H50N2O2. The number of Topliss-reactive ketones (excluding diaryl/α,β-unsaturated/α-hetero) is 1. The summed E-state index contributed by atoms with van der Waals surface area (Å²) in [5, 5.41) is 3.73. The van der Waals surface area contributed by atoms with Crippen LogP contribution in [-0.2, 0) is 20.5 Å². The van der Waals surface area contributed by atoms with Crippen LogP contribution in [0.2, 0.25) is 0 Å². The van der Waals surface area contributed by atoms with Crippen molar-refractivity contribution in [3.8, 4) is 0 Å². The Labute approximate surface area is 236 Å². The zero-order valence-corrected chi connectivity index (χ0v) is 25.1. The van der Waals surface area contributed by atoms with E-state index >= 15 is 0 Å². The third kappa shape index (κ3) is 4.43. The lowest BCUT2D eigenvalue weighted by atomic mass is 9.49. The van der Waals surface area contributed by atoms with Gasteiger partial charge in [-0.2, -0.15) is 0 Å². The topological polar surface area (TPSA) is 58.5 Å². The minimum Gasteiger partial charge on any atom is -0.346 e. The van der Waals surface area contributed by atoms with Crippen LogP contribution in [0.15, 0.2) is 29.3 Å². The molecule has 0 saturated heterocycles. The SMILES string of the molecule is CC(C)(C)c1ccc(C2(NC(=O)[C@H]3CCC4C5CN=C6CC(=O)CC[C@]6(C)C5CC[C@@]43C)CCCCC2)cc1. The van der Waals surface area contributed by atoms with E-state index in [1.165, 1.54) is 42.5 Å². The zero-order valence-electron chi connectivity index (χ0n) is 25.1. The summed E-state index contributed by atoms with van der Waals surface area (Å²) in [6.07, 6.45) is 12.4. The summed E-state index contributed by atoms with van der Waals surface area (Å²) in [6, 6.07) is 9.15. The number of hydrogen-bond donors (Lipinski definition) is 1. The lowest BCUT2D eigenvalue weighted by Crippen LogP contribution is -2.56. The molecule has 6 rings (SSSR count). The van der Waals surface area contributed by atoms with Crippen molar-refractivity contribution in [3.63, 3.8) is 0 Å². The molecule has 1 amide bonds. The summed E-state index contributed by atoms with van der Waals surface area (Å²) in [6.45, 7) is 12.5. The number of carbonyl (C=O) groups is 2. The minimum atomic E-state index is -0.233. The Kier molecular flexibility index (Phi) is 6.67. The Balaban J connectivity index is 1.23. The van der Waals surface area contributed by atoms with Crippen molar-refractivity contribution in [2.24, 2.45) is 39.5 Å².